The molecule has 0 N–H and O–H groups in total. The standard InChI is InChI=1S/C15H13FS/c1-11-6-5-7-12(2)14(11)10-13-8-3-4-9-15(13)17-16/h3-10H,1H2,2H3/b14-10+. The van der Waals surface area contributed by atoms with E-state index in [-0.39, 0.29) is 12.1 Å². The van der Waals surface area contributed by atoms with Gasteiger partial charge in [0, 0.05) is 4.90 Å². The second-order valence-corrected chi connectivity index (χ2v) is 4.50. The molecule has 0 aliphatic carbocycles. The monoisotopic (exact) mass is 244 g/mol. The number of halogens is 1. The zero-order chi connectivity index (χ0) is 12.3. The lowest BCUT2D eigenvalue weighted by atomic mass is 10.1. The zero-order valence-electron chi connectivity index (χ0n) is 9.61. The van der Waals surface area contributed by atoms with Crippen LogP contribution in [0.3, 0.4) is 0 Å². The molecule has 0 bridgehead atoms. The minimum Gasteiger partial charge on any atom is -0.160 e. The van der Waals surface area contributed by atoms with Crippen molar-refractivity contribution >= 4 is 24.8 Å². The molecule has 0 nitrogen and oxygen atoms in total. The highest BCUT2D eigenvalue weighted by molar-refractivity contribution is 7.94. The Morgan fingerprint density at radius 3 is 2.59 bits per heavy atom. The lowest BCUT2D eigenvalue weighted by molar-refractivity contribution is 0.933. The quantitative estimate of drug-likeness (QED) is 0.781. The van der Waals surface area contributed by atoms with Gasteiger partial charge < -0.3 is 0 Å². The van der Waals surface area contributed by atoms with Gasteiger partial charge in [0.2, 0.25) is 0 Å². The number of hydrogen-bond donors (Lipinski definition) is 0. The molecule has 0 saturated heterocycles. The maximum absolute atomic E-state index is 12.8. The van der Waals surface area contributed by atoms with E-state index in [9.17, 15) is 3.89 Å². The predicted molar refractivity (Wildman–Crippen MR) is 72.9 cm³/mol. The van der Waals surface area contributed by atoms with Crippen molar-refractivity contribution < 1.29 is 3.89 Å². The number of benzene rings is 2. The van der Waals surface area contributed by atoms with Gasteiger partial charge >= 0.3 is 0 Å². The Hall–Kier alpha value is -1.54. The van der Waals surface area contributed by atoms with Gasteiger partial charge in [-0.15, -0.1) is 0 Å². The fourth-order valence-corrected chi connectivity index (χ4v) is 2.12. The number of hydrogen-bond acceptors (Lipinski definition) is 1. The first kappa shape index (κ1) is 11.9. The topological polar surface area (TPSA) is 0 Å². The second kappa shape index (κ2) is 5.19. The van der Waals surface area contributed by atoms with Crippen LogP contribution < -0.4 is 10.4 Å². The predicted octanol–water partition coefficient (Wildman–Crippen LogP) is 3.21. The van der Waals surface area contributed by atoms with Crippen molar-refractivity contribution in [3.05, 3.63) is 64.0 Å². The van der Waals surface area contributed by atoms with Crippen molar-refractivity contribution in [2.24, 2.45) is 0 Å². The summed E-state index contributed by atoms with van der Waals surface area (Å²) < 4.78 is 12.8. The van der Waals surface area contributed by atoms with Crippen molar-refractivity contribution in [2.45, 2.75) is 11.8 Å². The van der Waals surface area contributed by atoms with Crippen LogP contribution in [-0.2, 0) is 0 Å². The summed E-state index contributed by atoms with van der Waals surface area (Å²) in [5.74, 6) is 0. The molecule has 0 atom stereocenters. The van der Waals surface area contributed by atoms with E-state index in [1.165, 1.54) is 0 Å². The maximum Gasteiger partial charge on any atom is 0.0818 e. The molecule has 0 aromatic heterocycles. The molecule has 0 aliphatic rings. The smallest absolute Gasteiger partial charge is 0.0818 e. The third-order valence-corrected chi connectivity index (χ3v) is 3.25. The summed E-state index contributed by atoms with van der Waals surface area (Å²) in [7, 11) is 0. The summed E-state index contributed by atoms with van der Waals surface area (Å²) in [6.45, 7) is 6.03. The number of rotatable bonds is 2. The summed E-state index contributed by atoms with van der Waals surface area (Å²) in [4.78, 5) is 0.634. The molecule has 17 heavy (non-hydrogen) atoms. The Bertz CT molecular complexity index is 632. The summed E-state index contributed by atoms with van der Waals surface area (Å²) in [6.07, 6.45) is 1.99. The van der Waals surface area contributed by atoms with Gasteiger partial charge in [0.1, 0.15) is 0 Å². The normalized spacial score (nSPS) is 11.8. The Kier molecular flexibility index (Phi) is 3.64. The highest BCUT2D eigenvalue weighted by Crippen LogP contribution is 2.23. The largest absolute Gasteiger partial charge is 0.160 e. The van der Waals surface area contributed by atoms with Crippen LogP contribution in [0.2, 0.25) is 0 Å². The van der Waals surface area contributed by atoms with E-state index in [0.717, 1.165) is 21.6 Å². The van der Waals surface area contributed by atoms with Gasteiger partial charge in [-0.05, 0) is 40.6 Å². The molecule has 86 valence electrons. The van der Waals surface area contributed by atoms with E-state index in [0.29, 0.717) is 4.90 Å². The van der Waals surface area contributed by atoms with Crippen molar-refractivity contribution in [2.75, 3.05) is 0 Å². The Balaban J connectivity index is 2.67. The first-order chi connectivity index (χ1) is 8.22. The van der Waals surface area contributed by atoms with E-state index in [4.69, 9.17) is 0 Å². The molecule has 0 unspecified atom stereocenters. The Labute approximate surface area is 105 Å². The average molecular weight is 244 g/mol. The molecular weight excluding hydrogens is 231 g/mol. The fourth-order valence-electron chi connectivity index (χ4n) is 1.77. The summed E-state index contributed by atoms with van der Waals surface area (Å²) in [6, 6.07) is 13.4. The van der Waals surface area contributed by atoms with Crippen LogP contribution in [0.5, 0.6) is 0 Å². The fraction of sp³-hybridized carbons (Fsp3) is 0.0667. The van der Waals surface area contributed by atoms with Gasteiger partial charge in [-0.2, -0.15) is 3.89 Å². The van der Waals surface area contributed by atoms with Crippen LogP contribution in [0.15, 0.2) is 47.4 Å². The van der Waals surface area contributed by atoms with E-state index >= 15 is 0 Å². The third kappa shape index (κ3) is 2.59. The van der Waals surface area contributed by atoms with Crippen molar-refractivity contribution in [1.29, 1.82) is 0 Å². The molecule has 2 aromatic carbocycles. The molecule has 0 spiro atoms. The van der Waals surface area contributed by atoms with E-state index in [1.54, 1.807) is 6.07 Å². The van der Waals surface area contributed by atoms with E-state index < -0.39 is 0 Å². The maximum atomic E-state index is 12.8. The molecule has 0 amide bonds. The summed E-state index contributed by atoms with van der Waals surface area (Å²) in [5.41, 5.74) is 2.04. The van der Waals surface area contributed by atoms with Gasteiger partial charge in [0.25, 0.3) is 0 Å². The van der Waals surface area contributed by atoms with Crippen LogP contribution >= 0.6 is 12.1 Å². The van der Waals surface area contributed by atoms with Crippen LogP contribution in [0.25, 0.3) is 12.7 Å². The van der Waals surface area contributed by atoms with Gasteiger partial charge in [-0.1, -0.05) is 43.0 Å². The lowest BCUT2D eigenvalue weighted by Gasteiger charge is -2.01. The zero-order valence-corrected chi connectivity index (χ0v) is 10.4. The van der Waals surface area contributed by atoms with Crippen molar-refractivity contribution in [1.82, 2.24) is 0 Å². The Morgan fingerprint density at radius 2 is 1.88 bits per heavy atom. The lowest BCUT2D eigenvalue weighted by Crippen LogP contribution is -2.25. The second-order valence-electron chi connectivity index (χ2n) is 3.91. The van der Waals surface area contributed by atoms with Gasteiger partial charge in [0.05, 0.1) is 12.1 Å². The molecule has 2 heteroatoms. The summed E-state index contributed by atoms with van der Waals surface area (Å²) in [5, 5.41) is 2.03. The minimum absolute atomic E-state index is 0.275. The third-order valence-electron chi connectivity index (χ3n) is 2.72. The molecular formula is C15H13FS. The SMILES string of the molecule is C=c1cccc(C)/c1=C/c1ccccc1SF. The van der Waals surface area contributed by atoms with Crippen molar-refractivity contribution in [3.8, 4) is 0 Å². The average Bonchev–Trinajstić information content (AvgIpc) is 2.34. The van der Waals surface area contributed by atoms with Crippen molar-refractivity contribution in [3.63, 3.8) is 0 Å². The molecule has 0 radical (unpaired) electrons. The minimum atomic E-state index is 0.275. The van der Waals surface area contributed by atoms with Crippen LogP contribution in [0.4, 0.5) is 3.89 Å². The van der Waals surface area contributed by atoms with E-state index in [1.807, 2.05) is 49.4 Å². The van der Waals surface area contributed by atoms with Gasteiger partial charge in [0.15, 0.2) is 0 Å². The highest BCUT2D eigenvalue weighted by atomic mass is 32.2. The first-order valence-electron chi connectivity index (χ1n) is 5.36. The van der Waals surface area contributed by atoms with E-state index in [2.05, 4.69) is 6.58 Å². The molecule has 0 aliphatic heterocycles. The molecule has 0 fully saturated rings. The molecule has 2 aromatic rings. The van der Waals surface area contributed by atoms with Crippen LogP contribution in [-0.4, -0.2) is 0 Å². The Morgan fingerprint density at radius 1 is 1.12 bits per heavy atom. The first-order valence-corrected chi connectivity index (χ1v) is 6.08. The molecule has 0 saturated carbocycles. The molecule has 2 rings (SSSR count). The molecule has 0 heterocycles. The highest BCUT2D eigenvalue weighted by Gasteiger charge is 1.99. The van der Waals surface area contributed by atoms with Crippen LogP contribution in [0.1, 0.15) is 11.1 Å². The van der Waals surface area contributed by atoms with Gasteiger partial charge in [-0.3, -0.25) is 0 Å². The van der Waals surface area contributed by atoms with Gasteiger partial charge in [-0.25, -0.2) is 0 Å². The van der Waals surface area contributed by atoms with Crippen LogP contribution in [0, 0.1) is 6.92 Å². The summed E-state index contributed by atoms with van der Waals surface area (Å²) >= 11 is 0.275. The number of aryl methyl sites for hydroxylation is 1.